The van der Waals surface area contributed by atoms with Gasteiger partial charge in [-0.1, -0.05) is 147 Å². The van der Waals surface area contributed by atoms with E-state index in [1.165, 1.54) is 38.9 Å². The van der Waals surface area contributed by atoms with Crippen LogP contribution in [-0.4, -0.2) is 5.71 Å². The summed E-state index contributed by atoms with van der Waals surface area (Å²) in [5.74, 6) is 0.166. The van der Waals surface area contributed by atoms with Crippen LogP contribution >= 0.6 is 0 Å². The smallest absolute Gasteiger partial charge is 0.0448 e. The summed E-state index contributed by atoms with van der Waals surface area (Å²) < 4.78 is 0. The SMILES string of the molecule is C=C(N=C(C)c1ccccc1)C1C=CC(C)(c2c(-c3ccccc3)cc(-c3ccccc3)cc2-c2ccccc2)C1. The molecule has 0 N–H and O–H groups in total. The van der Waals surface area contributed by atoms with Crippen LogP contribution in [0.1, 0.15) is 31.4 Å². The zero-order valence-corrected chi connectivity index (χ0v) is 23.8. The highest BCUT2D eigenvalue weighted by Gasteiger charge is 2.37. The summed E-state index contributed by atoms with van der Waals surface area (Å²) in [6, 6.07) is 47.5. The van der Waals surface area contributed by atoms with E-state index in [0.717, 1.165) is 23.4 Å². The number of benzene rings is 5. The number of hydrogen-bond donors (Lipinski definition) is 0. The van der Waals surface area contributed by atoms with Gasteiger partial charge >= 0.3 is 0 Å². The van der Waals surface area contributed by atoms with Crippen LogP contribution in [0.25, 0.3) is 33.4 Å². The van der Waals surface area contributed by atoms with Gasteiger partial charge in [0.1, 0.15) is 0 Å². The average Bonchev–Trinajstić information content (AvgIpc) is 3.45. The molecule has 1 heteroatoms. The summed E-state index contributed by atoms with van der Waals surface area (Å²) in [6.07, 6.45) is 5.63. The molecule has 5 aromatic carbocycles. The molecule has 0 heterocycles. The summed E-state index contributed by atoms with van der Waals surface area (Å²) in [6.45, 7) is 8.88. The monoisotopic (exact) mass is 529 g/mol. The maximum Gasteiger partial charge on any atom is 0.0448 e. The summed E-state index contributed by atoms with van der Waals surface area (Å²) in [7, 11) is 0. The second-order valence-corrected chi connectivity index (χ2v) is 11.2. The van der Waals surface area contributed by atoms with Gasteiger partial charge in [-0.2, -0.15) is 0 Å². The van der Waals surface area contributed by atoms with Crippen molar-refractivity contribution in [3.8, 4) is 33.4 Å². The molecule has 0 amide bonds. The van der Waals surface area contributed by atoms with Gasteiger partial charge in [-0.25, -0.2) is 0 Å². The highest BCUT2D eigenvalue weighted by Crippen LogP contribution is 2.49. The molecule has 0 radical (unpaired) electrons. The topological polar surface area (TPSA) is 12.4 Å². The molecule has 0 spiro atoms. The Morgan fingerprint density at radius 1 is 0.659 bits per heavy atom. The first-order chi connectivity index (χ1) is 20.0. The van der Waals surface area contributed by atoms with Crippen molar-refractivity contribution in [3.05, 3.63) is 169 Å². The third kappa shape index (κ3) is 5.49. The minimum Gasteiger partial charge on any atom is -0.258 e. The summed E-state index contributed by atoms with van der Waals surface area (Å²) in [5, 5.41) is 0. The lowest BCUT2D eigenvalue weighted by Crippen LogP contribution is -2.21. The third-order valence-electron chi connectivity index (χ3n) is 8.26. The van der Waals surface area contributed by atoms with Gasteiger partial charge in [0, 0.05) is 22.7 Å². The molecule has 6 rings (SSSR count). The number of nitrogens with zero attached hydrogens (tertiary/aromatic N) is 1. The van der Waals surface area contributed by atoms with Crippen LogP contribution < -0.4 is 0 Å². The van der Waals surface area contributed by atoms with Crippen molar-refractivity contribution < 1.29 is 0 Å². The van der Waals surface area contributed by atoms with E-state index in [9.17, 15) is 0 Å². The maximum atomic E-state index is 4.97. The lowest BCUT2D eigenvalue weighted by atomic mass is 9.72. The van der Waals surface area contributed by atoms with Crippen LogP contribution in [0.2, 0.25) is 0 Å². The maximum absolute atomic E-state index is 4.97. The minimum atomic E-state index is -0.199. The Hall–Kier alpha value is -4.75. The Kier molecular flexibility index (Phi) is 7.35. The average molecular weight is 530 g/mol. The van der Waals surface area contributed by atoms with E-state index in [0.29, 0.717) is 0 Å². The number of hydrogen-bond acceptors (Lipinski definition) is 1. The predicted octanol–water partition coefficient (Wildman–Crippen LogP) is 10.5. The van der Waals surface area contributed by atoms with E-state index in [1.807, 2.05) is 6.07 Å². The Morgan fingerprint density at radius 3 is 1.63 bits per heavy atom. The number of allylic oxidation sites excluding steroid dienone is 2. The van der Waals surface area contributed by atoms with E-state index in [1.54, 1.807) is 0 Å². The second kappa shape index (κ2) is 11.4. The van der Waals surface area contributed by atoms with Crippen molar-refractivity contribution in [2.45, 2.75) is 25.7 Å². The largest absolute Gasteiger partial charge is 0.258 e. The first kappa shape index (κ1) is 26.5. The molecule has 5 aromatic rings. The molecule has 1 aliphatic carbocycles. The Balaban J connectivity index is 1.48. The van der Waals surface area contributed by atoms with Gasteiger partial charge in [-0.15, -0.1) is 0 Å². The van der Waals surface area contributed by atoms with E-state index in [2.05, 4.69) is 160 Å². The first-order valence-corrected chi connectivity index (χ1v) is 14.4. The van der Waals surface area contributed by atoms with E-state index in [-0.39, 0.29) is 11.3 Å². The molecule has 0 bridgehead atoms. The lowest BCUT2D eigenvalue weighted by Gasteiger charge is -2.31. The summed E-state index contributed by atoms with van der Waals surface area (Å²) in [5.41, 5.74) is 11.6. The summed E-state index contributed by atoms with van der Waals surface area (Å²) >= 11 is 0. The third-order valence-corrected chi connectivity index (χ3v) is 8.26. The van der Waals surface area contributed by atoms with Gasteiger partial charge in [-0.3, -0.25) is 4.99 Å². The quantitative estimate of drug-likeness (QED) is 0.147. The fraction of sp³-hybridized carbons (Fsp3) is 0.125. The van der Waals surface area contributed by atoms with Crippen LogP contribution in [-0.2, 0) is 5.41 Å². The van der Waals surface area contributed by atoms with Gasteiger partial charge in [0.15, 0.2) is 0 Å². The molecule has 0 saturated heterocycles. The second-order valence-electron chi connectivity index (χ2n) is 11.2. The van der Waals surface area contributed by atoms with Crippen LogP contribution in [0, 0.1) is 5.92 Å². The summed E-state index contributed by atoms with van der Waals surface area (Å²) in [4.78, 5) is 4.97. The van der Waals surface area contributed by atoms with E-state index >= 15 is 0 Å². The molecule has 1 aliphatic rings. The molecule has 41 heavy (non-hydrogen) atoms. The molecule has 0 fully saturated rings. The van der Waals surface area contributed by atoms with E-state index in [4.69, 9.17) is 4.99 Å². The van der Waals surface area contributed by atoms with Crippen molar-refractivity contribution >= 4 is 5.71 Å². The number of aliphatic imine (C=N–C) groups is 1. The fourth-order valence-corrected chi connectivity index (χ4v) is 6.12. The normalized spacial score (nSPS) is 18.4. The molecule has 1 nitrogen and oxygen atoms in total. The first-order valence-electron chi connectivity index (χ1n) is 14.4. The van der Waals surface area contributed by atoms with Crippen LogP contribution in [0.5, 0.6) is 0 Å². The Bertz CT molecular complexity index is 1650. The van der Waals surface area contributed by atoms with Crippen molar-refractivity contribution in [1.29, 1.82) is 0 Å². The molecule has 0 saturated carbocycles. The Morgan fingerprint density at radius 2 is 1.12 bits per heavy atom. The molecular weight excluding hydrogens is 494 g/mol. The van der Waals surface area contributed by atoms with Crippen LogP contribution in [0.15, 0.2) is 163 Å². The van der Waals surface area contributed by atoms with Crippen LogP contribution in [0.4, 0.5) is 0 Å². The predicted molar refractivity (Wildman–Crippen MR) is 175 cm³/mol. The standard InChI is InChI=1S/C40H35N/c1-29(31-16-8-4-9-17-31)41-30(2)35-24-25-40(3,28-35)39-37(33-20-12-6-13-21-33)26-36(32-18-10-5-11-19-32)27-38(39)34-22-14-7-15-23-34/h4-27,35H,2,28H2,1,3H3. The molecular formula is C40H35N. The molecule has 200 valence electrons. The van der Waals surface area contributed by atoms with Gasteiger partial charge in [0.05, 0.1) is 0 Å². The van der Waals surface area contributed by atoms with Crippen molar-refractivity contribution in [2.24, 2.45) is 10.9 Å². The van der Waals surface area contributed by atoms with Crippen molar-refractivity contribution in [2.75, 3.05) is 0 Å². The molecule has 0 aliphatic heterocycles. The molecule has 0 aromatic heterocycles. The zero-order valence-electron chi connectivity index (χ0n) is 23.8. The number of rotatable bonds is 7. The molecule has 2 atom stereocenters. The van der Waals surface area contributed by atoms with Gasteiger partial charge in [0.25, 0.3) is 0 Å². The van der Waals surface area contributed by atoms with Gasteiger partial charge in [-0.05, 0) is 70.0 Å². The fourth-order valence-electron chi connectivity index (χ4n) is 6.12. The zero-order chi connectivity index (χ0) is 28.2. The van der Waals surface area contributed by atoms with Crippen molar-refractivity contribution in [1.82, 2.24) is 0 Å². The van der Waals surface area contributed by atoms with Gasteiger partial charge < -0.3 is 0 Å². The van der Waals surface area contributed by atoms with Crippen molar-refractivity contribution in [3.63, 3.8) is 0 Å². The lowest BCUT2D eigenvalue weighted by molar-refractivity contribution is 0.523. The molecule has 2 unspecified atom stereocenters. The Labute approximate surface area is 244 Å². The van der Waals surface area contributed by atoms with Gasteiger partial charge in [0.2, 0.25) is 0 Å². The van der Waals surface area contributed by atoms with E-state index < -0.39 is 0 Å². The highest BCUT2D eigenvalue weighted by atomic mass is 14.8. The highest BCUT2D eigenvalue weighted by molar-refractivity contribution is 5.99. The van der Waals surface area contributed by atoms with Crippen LogP contribution in [0.3, 0.4) is 0 Å². The minimum absolute atomic E-state index is 0.166.